The van der Waals surface area contributed by atoms with E-state index >= 15 is 0 Å². The van der Waals surface area contributed by atoms with E-state index in [4.69, 9.17) is 5.73 Å². The van der Waals surface area contributed by atoms with Gasteiger partial charge in [-0.25, -0.2) is 18.4 Å². The standard InChI is InChI=1S/C13H19N5O4S/c1-9-11(5-15-8-16-9)13(20)17-3-4-18(23(2,21)22)7-10(6-17)12(14)19/h5,8,10H,3-4,6-7H2,1-2H3,(H2,14,19)/t10-/m1/s1. The molecule has 1 atom stereocenters. The molecule has 1 fully saturated rings. The fourth-order valence-electron chi connectivity index (χ4n) is 2.42. The van der Waals surface area contributed by atoms with E-state index < -0.39 is 21.8 Å². The molecule has 0 unspecified atom stereocenters. The summed E-state index contributed by atoms with van der Waals surface area (Å²) >= 11 is 0. The number of carbonyl (C=O) groups is 2. The van der Waals surface area contributed by atoms with Crippen LogP contribution in [0.25, 0.3) is 0 Å². The predicted octanol–water partition coefficient (Wildman–Crippen LogP) is -1.40. The van der Waals surface area contributed by atoms with Gasteiger partial charge >= 0.3 is 0 Å². The zero-order valence-electron chi connectivity index (χ0n) is 13.0. The van der Waals surface area contributed by atoms with E-state index in [0.29, 0.717) is 11.3 Å². The van der Waals surface area contributed by atoms with Crippen LogP contribution < -0.4 is 5.73 Å². The Morgan fingerprint density at radius 3 is 2.57 bits per heavy atom. The van der Waals surface area contributed by atoms with Gasteiger partial charge in [0.05, 0.1) is 23.4 Å². The van der Waals surface area contributed by atoms with E-state index in [0.717, 1.165) is 6.26 Å². The lowest BCUT2D eigenvalue weighted by Gasteiger charge is -2.22. The molecule has 0 aromatic carbocycles. The molecule has 2 rings (SSSR count). The summed E-state index contributed by atoms with van der Waals surface area (Å²) in [7, 11) is -3.47. The van der Waals surface area contributed by atoms with Crippen LogP contribution in [0, 0.1) is 12.8 Å². The first-order valence-electron chi connectivity index (χ1n) is 7.00. The number of sulfonamides is 1. The van der Waals surface area contributed by atoms with Gasteiger partial charge in [-0.15, -0.1) is 0 Å². The second-order valence-corrected chi connectivity index (χ2v) is 7.48. The lowest BCUT2D eigenvalue weighted by molar-refractivity contribution is -0.122. The SMILES string of the molecule is Cc1ncncc1C(=O)N1CCN(S(C)(=O)=O)C[C@H](C(N)=O)C1. The number of aryl methyl sites for hydroxylation is 1. The summed E-state index contributed by atoms with van der Waals surface area (Å²) < 4.78 is 24.7. The highest BCUT2D eigenvalue weighted by atomic mass is 32.2. The van der Waals surface area contributed by atoms with Crippen LogP contribution in [0.15, 0.2) is 12.5 Å². The molecule has 1 aromatic heterocycles. The molecular formula is C13H19N5O4S. The molecule has 23 heavy (non-hydrogen) atoms. The summed E-state index contributed by atoms with van der Waals surface area (Å²) in [6.07, 6.45) is 3.81. The molecule has 126 valence electrons. The normalized spacial score (nSPS) is 20.1. The molecule has 1 aliphatic heterocycles. The number of hydrogen-bond donors (Lipinski definition) is 1. The smallest absolute Gasteiger partial charge is 0.257 e. The highest BCUT2D eigenvalue weighted by molar-refractivity contribution is 7.88. The van der Waals surface area contributed by atoms with Gasteiger partial charge in [-0.2, -0.15) is 4.31 Å². The number of hydrogen-bond acceptors (Lipinski definition) is 6. The third-order valence-electron chi connectivity index (χ3n) is 3.78. The molecule has 10 heteroatoms. The van der Waals surface area contributed by atoms with E-state index in [9.17, 15) is 18.0 Å². The third kappa shape index (κ3) is 4.02. The first kappa shape index (κ1) is 17.3. The Labute approximate surface area is 134 Å². The van der Waals surface area contributed by atoms with Gasteiger partial charge in [0.1, 0.15) is 6.33 Å². The van der Waals surface area contributed by atoms with Crippen molar-refractivity contribution in [2.24, 2.45) is 11.7 Å². The molecule has 2 N–H and O–H groups in total. The molecule has 1 aliphatic rings. The summed E-state index contributed by atoms with van der Waals surface area (Å²) in [4.78, 5) is 33.4. The second-order valence-electron chi connectivity index (χ2n) is 5.49. The highest BCUT2D eigenvalue weighted by Crippen LogP contribution is 2.15. The molecule has 1 aromatic rings. The molecule has 2 amide bonds. The minimum Gasteiger partial charge on any atom is -0.369 e. The van der Waals surface area contributed by atoms with Gasteiger partial charge in [-0.3, -0.25) is 9.59 Å². The molecule has 0 spiro atoms. The second kappa shape index (κ2) is 6.59. The van der Waals surface area contributed by atoms with E-state index in [1.807, 2.05) is 0 Å². The Morgan fingerprint density at radius 1 is 1.30 bits per heavy atom. The number of aromatic nitrogens is 2. The van der Waals surface area contributed by atoms with Crippen molar-refractivity contribution >= 4 is 21.8 Å². The van der Waals surface area contributed by atoms with Gasteiger partial charge in [0.15, 0.2) is 0 Å². The molecule has 0 saturated carbocycles. The number of amides is 2. The lowest BCUT2D eigenvalue weighted by Crippen LogP contribution is -2.41. The summed E-state index contributed by atoms with van der Waals surface area (Å²) in [5.41, 5.74) is 6.19. The molecule has 0 bridgehead atoms. The Kier molecular flexibility index (Phi) is 4.95. The number of carbonyl (C=O) groups excluding carboxylic acids is 2. The van der Waals surface area contributed by atoms with Crippen LogP contribution in [-0.2, 0) is 14.8 Å². The maximum Gasteiger partial charge on any atom is 0.257 e. The minimum absolute atomic E-state index is 0.0256. The van der Waals surface area contributed by atoms with Crippen molar-refractivity contribution in [2.75, 3.05) is 32.4 Å². The number of nitrogens with two attached hydrogens (primary N) is 1. The van der Waals surface area contributed by atoms with Crippen molar-refractivity contribution in [3.63, 3.8) is 0 Å². The summed E-state index contributed by atoms with van der Waals surface area (Å²) in [6.45, 7) is 2.00. The van der Waals surface area contributed by atoms with Crippen LogP contribution >= 0.6 is 0 Å². The average molecular weight is 341 g/mol. The fourth-order valence-corrected chi connectivity index (χ4v) is 3.29. The van der Waals surface area contributed by atoms with Crippen LogP contribution in [-0.4, -0.2) is 71.8 Å². The van der Waals surface area contributed by atoms with Crippen LogP contribution in [0.5, 0.6) is 0 Å². The molecule has 9 nitrogen and oxygen atoms in total. The molecule has 0 radical (unpaired) electrons. The molecule has 1 saturated heterocycles. The quantitative estimate of drug-likeness (QED) is 0.721. The number of primary amides is 1. The Morgan fingerprint density at radius 2 is 2.00 bits per heavy atom. The van der Waals surface area contributed by atoms with Crippen LogP contribution in [0.4, 0.5) is 0 Å². The number of nitrogens with zero attached hydrogens (tertiary/aromatic N) is 4. The van der Waals surface area contributed by atoms with E-state index in [-0.39, 0.29) is 32.1 Å². The fraction of sp³-hybridized carbons (Fsp3) is 0.538. The van der Waals surface area contributed by atoms with Gasteiger partial charge in [-0.05, 0) is 6.92 Å². The van der Waals surface area contributed by atoms with Crippen molar-refractivity contribution in [1.29, 1.82) is 0 Å². The van der Waals surface area contributed by atoms with E-state index in [1.54, 1.807) is 6.92 Å². The van der Waals surface area contributed by atoms with Gasteiger partial charge < -0.3 is 10.6 Å². The third-order valence-corrected chi connectivity index (χ3v) is 5.05. The summed E-state index contributed by atoms with van der Waals surface area (Å²) in [5.74, 6) is -1.75. The molecular weight excluding hydrogens is 322 g/mol. The van der Waals surface area contributed by atoms with Crippen molar-refractivity contribution < 1.29 is 18.0 Å². The Balaban J connectivity index is 2.28. The van der Waals surface area contributed by atoms with Crippen LogP contribution in [0.1, 0.15) is 16.1 Å². The maximum atomic E-state index is 12.6. The van der Waals surface area contributed by atoms with Crippen molar-refractivity contribution in [3.8, 4) is 0 Å². The first-order valence-corrected chi connectivity index (χ1v) is 8.85. The average Bonchev–Trinajstić information content (AvgIpc) is 2.70. The topological polar surface area (TPSA) is 127 Å². The van der Waals surface area contributed by atoms with E-state index in [1.165, 1.54) is 21.7 Å². The van der Waals surface area contributed by atoms with Gasteiger partial charge in [-0.1, -0.05) is 0 Å². The van der Waals surface area contributed by atoms with Crippen molar-refractivity contribution in [2.45, 2.75) is 6.92 Å². The van der Waals surface area contributed by atoms with Crippen molar-refractivity contribution in [3.05, 3.63) is 23.8 Å². The van der Waals surface area contributed by atoms with Crippen LogP contribution in [0.3, 0.4) is 0 Å². The van der Waals surface area contributed by atoms with Gasteiger partial charge in [0, 0.05) is 32.4 Å². The first-order chi connectivity index (χ1) is 10.7. The summed E-state index contributed by atoms with van der Waals surface area (Å²) in [6, 6.07) is 0. The highest BCUT2D eigenvalue weighted by Gasteiger charge is 2.33. The molecule has 0 aliphatic carbocycles. The Bertz CT molecular complexity index is 721. The predicted molar refractivity (Wildman–Crippen MR) is 81.8 cm³/mol. The van der Waals surface area contributed by atoms with Gasteiger partial charge in [0.25, 0.3) is 5.91 Å². The largest absolute Gasteiger partial charge is 0.369 e. The zero-order chi connectivity index (χ0) is 17.2. The van der Waals surface area contributed by atoms with Crippen molar-refractivity contribution in [1.82, 2.24) is 19.2 Å². The monoisotopic (exact) mass is 341 g/mol. The number of rotatable bonds is 3. The van der Waals surface area contributed by atoms with E-state index in [2.05, 4.69) is 9.97 Å². The minimum atomic E-state index is -3.47. The zero-order valence-corrected chi connectivity index (χ0v) is 13.8. The maximum absolute atomic E-state index is 12.6. The van der Waals surface area contributed by atoms with Gasteiger partial charge in [0.2, 0.25) is 15.9 Å². The summed E-state index contributed by atoms with van der Waals surface area (Å²) in [5, 5.41) is 0. The Hall–Kier alpha value is -2.07. The lowest BCUT2D eigenvalue weighted by atomic mass is 10.1. The molecule has 2 heterocycles. The van der Waals surface area contributed by atoms with Crippen LogP contribution in [0.2, 0.25) is 0 Å².